The van der Waals surface area contributed by atoms with E-state index in [9.17, 15) is 14.4 Å². The summed E-state index contributed by atoms with van der Waals surface area (Å²) in [5.41, 5.74) is 5.27. The smallest absolute Gasteiger partial charge is 0.254 e. The Bertz CT molecular complexity index is 1250. The molecule has 1 fully saturated rings. The third kappa shape index (κ3) is 6.79. The summed E-state index contributed by atoms with van der Waals surface area (Å²) in [6.45, 7) is 9.30. The molecule has 7 nitrogen and oxygen atoms in total. The Morgan fingerprint density at radius 3 is 1.87 bits per heavy atom. The average molecular weight is 513 g/mol. The number of hydrogen-bond donors (Lipinski definition) is 1. The van der Waals surface area contributed by atoms with Gasteiger partial charge in [0, 0.05) is 55.2 Å². The molecule has 198 valence electrons. The molecule has 0 spiro atoms. The van der Waals surface area contributed by atoms with Crippen molar-refractivity contribution in [2.75, 3.05) is 49.5 Å². The van der Waals surface area contributed by atoms with Gasteiger partial charge in [-0.05, 0) is 68.8 Å². The fraction of sp³-hybridized carbons (Fsp3) is 0.323. The second kappa shape index (κ2) is 12.4. The Morgan fingerprint density at radius 1 is 0.763 bits per heavy atom. The number of rotatable bonds is 8. The van der Waals surface area contributed by atoms with Gasteiger partial charge in [0.25, 0.3) is 11.8 Å². The van der Waals surface area contributed by atoms with Gasteiger partial charge in [0.1, 0.15) is 6.54 Å². The van der Waals surface area contributed by atoms with Crippen LogP contribution >= 0.6 is 0 Å². The third-order valence-corrected chi connectivity index (χ3v) is 6.80. The summed E-state index contributed by atoms with van der Waals surface area (Å²) in [5, 5.41) is 2.92. The van der Waals surface area contributed by atoms with Crippen LogP contribution in [-0.4, -0.2) is 66.8 Å². The lowest BCUT2D eigenvalue weighted by Gasteiger charge is -2.36. The number of hydrogen-bond acceptors (Lipinski definition) is 4. The molecule has 0 unspecified atom stereocenters. The molecule has 0 atom stereocenters. The molecule has 1 aliphatic heterocycles. The lowest BCUT2D eigenvalue weighted by Crippen LogP contribution is -2.48. The Kier molecular flexibility index (Phi) is 8.79. The summed E-state index contributed by atoms with van der Waals surface area (Å²) in [4.78, 5) is 44.2. The Labute approximate surface area is 225 Å². The predicted octanol–water partition coefficient (Wildman–Crippen LogP) is 4.76. The van der Waals surface area contributed by atoms with Crippen molar-refractivity contribution in [2.45, 2.75) is 27.2 Å². The van der Waals surface area contributed by atoms with Crippen LogP contribution in [0.1, 0.15) is 45.2 Å². The fourth-order valence-electron chi connectivity index (χ4n) is 4.58. The van der Waals surface area contributed by atoms with Crippen molar-refractivity contribution in [3.05, 3.63) is 95.1 Å². The van der Waals surface area contributed by atoms with Crippen LogP contribution in [0.3, 0.4) is 0 Å². The SMILES string of the molecule is CCCN(CC(=O)Nc1ccc(N2CCN(C(=O)c3ccc(C)cc3)CC2)cc1)C(=O)c1ccc(C)cc1. The first kappa shape index (κ1) is 26.9. The van der Waals surface area contributed by atoms with Crippen molar-refractivity contribution in [3.63, 3.8) is 0 Å². The Hall–Kier alpha value is -4.13. The number of piperazine rings is 1. The zero-order chi connectivity index (χ0) is 27.1. The number of carbonyl (C=O) groups is 3. The maximum absolute atomic E-state index is 12.9. The van der Waals surface area contributed by atoms with Gasteiger partial charge in [0.15, 0.2) is 0 Å². The van der Waals surface area contributed by atoms with Crippen molar-refractivity contribution < 1.29 is 14.4 Å². The first-order valence-electron chi connectivity index (χ1n) is 13.2. The van der Waals surface area contributed by atoms with Crippen LogP contribution in [0.5, 0.6) is 0 Å². The first-order valence-corrected chi connectivity index (χ1v) is 13.2. The highest BCUT2D eigenvalue weighted by Gasteiger charge is 2.23. The van der Waals surface area contributed by atoms with E-state index in [0.29, 0.717) is 30.9 Å². The third-order valence-electron chi connectivity index (χ3n) is 6.80. The summed E-state index contributed by atoms with van der Waals surface area (Å²) in [7, 11) is 0. The number of anilines is 2. The van der Waals surface area contributed by atoms with Gasteiger partial charge in [0.2, 0.25) is 5.91 Å². The molecule has 0 radical (unpaired) electrons. The number of benzene rings is 3. The van der Waals surface area contributed by atoms with Gasteiger partial charge >= 0.3 is 0 Å². The average Bonchev–Trinajstić information content (AvgIpc) is 2.93. The summed E-state index contributed by atoms with van der Waals surface area (Å²) < 4.78 is 0. The molecule has 1 saturated heterocycles. The van der Waals surface area contributed by atoms with Crippen LogP contribution in [-0.2, 0) is 4.79 Å². The number of nitrogens with zero attached hydrogens (tertiary/aromatic N) is 3. The van der Waals surface area contributed by atoms with Crippen LogP contribution in [0, 0.1) is 13.8 Å². The molecule has 1 aliphatic rings. The fourth-order valence-corrected chi connectivity index (χ4v) is 4.58. The molecule has 3 amide bonds. The molecule has 0 bridgehead atoms. The minimum atomic E-state index is -0.227. The lowest BCUT2D eigenvalue weighted by atomic mass is 10.1. The van der Waals surface area contributed by atoms with Crippen molar-refractivity contribution in [2.24, 2.45) is 0 Å². The highest BCUT2D eigenvalue weighted by Crippen LogP contribution is 2.20. The van der Waals surface area contributed by atoms with E-state index in [1.165, 1.54) is 0 Å². The van der Waals surface area contributed by atoms with Gasteiger partial charge in [-0.3, -0.25) is 14.4 Å². The molecule has 1 N–H and O–H groups in total. The van der Waals surface area contributed by atoms with Gasteiger partial charge in [0.05, 0.1) is 0 Å². The van der Waals surface area contributed by atoms with E-state index in [-0.39, 0.29) is 24.3 Å². The quantitative estimate of drug-likeness (QED) is 0.473. The van der Waals surface area contributed by atoms with Gasteiger partial charge in [-0.15, -0.1) is 0 Å². The van der Waals surface area contributed by atoms with E-state index in [4.69, 9.17) is 0 Å². The molecule has 0 saturated carbocycles. The molecular formula is C31H36N4O3. The summed E-state index contributed by atoms with van der Waals surface area (Å²) in [6, 6.07) is 22.8. The molecule has 1 heterocycles. The first-order chi connectivity index (χ1) is 18.3. The lowest BCUT2D eigenvalue weighted by molar-refractivity contribution is -0.116. The zero-order valence-corrected chi connectivity index (χ0v) is 22.4. The van der Waals surface area contributed by atoms with E-state index in [1.807, 2.05) is 86.3 Å². The maximum Gasteiger partial charge on any atom is 0.254 e. The molecule has 3 aromatic rings. The van der Waals surface area contributed by atoms with E-state index in [2.05, 4.69) is 10.2 Å². The van der Waals surface area contributed by atoms with E-state index >= 15 is 0 Å². The Balaban J connectivity index is 1.29. The van der Waals surface area contributed by atoms with Crippen LogP contribution in [0.15, 0.2) is 72.8 Å². The van der Waals surface area contributed by atoms with E-state index < -0.39 is 0 Å². The number of amides is 3. The second-order valence-corrected chi connectivity index (χ2v) is 9.83. The van der Waals surface area contributed by atoms with Crippen LogP contribution < -0.4 is 10.2 Å². The molecule has 3 aromatic carbocycles. The topological polar surface area (TPSA) is 73.0 Å². The molecule has 0 aromatic heterocycles. The van der Waals surface area contributed by atoms with Crippen LogP contribution in [0.4, 0.5) is 11.4 Å². The number of nitrogens with one attached hydrogen (secondary N) is 1. The molecule has 0 aliphatic carbocycles. The molecule has 38 heavy (non-hydrogen) atoms. The molecular weight excluding hydrogens is 476 g/mol. The summed E-state index contributed by atoms with van der Waals surface area (Å²) in [6.07, 6.45) is 0.767. The highest BCUT2D eigenvalue weighted by molar-refractivity contribution is 5.99. The van der Waals surface area contributed by atoms with Crippen molar-refractivity contribution in [1.29, 1.82) is 0 Å². The monoisotopic (exact) mass is 512 g/mol. The summed E-state index contributed by atoms with van der Waals surface area (Å²) in [5.74, 6) is -0.298. The van der Waals surface area contributed by atoms with E-state index in [0.717, 1.165) is 41.9 Å². The zero-order valence-electron chi connectivity index (χ0n) is 22.4. The van der Waals surface area contributed by atoms with Gasteiger partial charge in [-0.25, -0.2) is 0 Å². The van der Waals surface area contributed by atoms with Crippen molar-refractivity contribution in [3.8, 4) is 0 Å². The standard InChI is InChI=1S/C31H36N4O3/c1-4-17-35(31(38)26-11-7-24(3)8-12-26)22-29(36)32-27-13-15-28(16-14-27)33-18-20-34(21-19-33)30(37)25-9-5-23(2)6-10-25/h5-16H,4,17-22H2,1-3H3,(H,32,36). The predicted molar refractivity (Wildman–Crippen MR) is 152 cm³/mol. The minimum Gasteiger partial charge on any atom is -0.368 e. The number of aryl methyl sites for hydroxylation is 2. The minimum absolute atomic E-state index is 0.000722. The van der Waals surface area contributed by atoms with Crippen molar-refractivity contribution in [1.82, 2.24) is 9.80 Å². The van der Waals surface area contributed by atoms with Gasteiger partial charge < -0.3 is 20.0 Å². The molecule has 4 rings (SSSR count). The van der Waals surface area contributed by atoms with Crippen LogP contribution in [0.25, 0.3) is 0 Å². The van der Waals surface area contributed by atoms with Gasteiger partial charge in [-0.2, -0.15) is 0 Å². The van der Waals surface area contributed by atoms with Gasteiger partial charge in [-0.1, -0.05) is 42.3 Å². The maximum atomic E-state index is 12.9. The second-order valence-electron chi connectivity index (χ2n) is 9.83. The molecule has 7 heteroatoms. The summed E-state index contributed by atoms with van der Waals surface area (Å²) >= 11 is 0. The van der Waals surface area contributed by atoms with E-state index in [1.54, 1.807) is 17.0 Å². The highest BCUT2D eigenvalue weighted by atomic mass is 16.2. The normalized spacial score (nSPS) is 13.2. The largest absolute Gasteiger partial charge is 0.368 e. The number of carbonyl (C=O) groups excluding carboxylic acids is 3. The Morgan fingerprint density at radius 2 is 1.32 bits per heavy atom. The van der Waals surface area contributed by atoms with Crippen molar-refractivity contribution >= 4 is 29.1 Å². The van der Waals surface area contributed by atoms with Crippen LogP contribution in [0.2, 0.25) is 0 Å².